The fourth-order valence-electron chi connectivity index (χ4n) is 2.37. The monoisotopic (exact) mass is 294 g/mol. The van der Waals surface area contributed by atoms with Gasteiger partial charge in [0.05, 0.1) is 17.4 Å². The zero-order valence-corrected chi connectivity index (χ0v) is 12.7. The Kier molecular flexibility index (Phi) is 3.87. The number of nitrogens with zero attached hydrogens (tertiary/aromatic N) is 3. The van der Waals surface area contributed by atoms with Crippen LogP contribution in [0.25, 0.3) is 11.0 Å². The molecule has 0 atom stereocenters. The molecule has 2 aromatic heterocycles. The van der Waals surface area contributed by atoms with Crippen molar-refractivity contribution in [3.8, 4) is 0 Å². The summed E-state index contributed by atoms with van der Waals surface area (Å²) < 4.78 is 2.09. The average molecular weight is 294 g/mol. The quantitative estimate of drug-likeness (QED) is 0.805. The third kappa shape index (κ3) is 2.83. The highest BCUT2D eigenvalue weighted by Crippen LogP contribution is 2.18. The Hall–Kier alpha value is -2.69. The zero-order chi connectivity index (χ0) is 15.5. The fraction of sp³-hybridized carbons (Fsp3) is 0.235. The van der Waals surface area contributed by atoms with Crippen molar-refractivity contribution in [3.05, 3.63) is 60.2 Å². The van der Waals surface area contributed by atoms with Gasteiger partial charge in [-0.25, -0.2) is 4.98 Å². The molecule has 5 nitrogen and oxygen atoms in total. The van der Waals surface area contributed by atoms with Crippen LogP contribution in [-0.4, -0.2) is 20.4 Å². The van der Waals surface area contributed by atoms with E-state index >= 15 is 0 Å². The first kappa shape index (κ1) is 14.3. The first-order chi connectivity index (χ1) is 10.6. The lowest BCUT2D eigenvalue weighted by atomic mass is 10.1. The topological polar surface area (TPSA) is 59.8 Å². The Morgan fingerprint density at radius 3 is 2.73 bits per heavy atom. The molecule has 0 aliphatic carbocycles. The molecule has 5 heteroatoms. The molecule has 0 bridgehead atoms. The molecule has 0 fully saturated rings. The lowest BCUT2D eigenvalue weighted by molar-refractivity contribution is 0.0951. The Balaban J connectivity index is 1.77. The number of imidazole rings is 1. The number of hydrogen-bond acceptors (Lipinski definition) is 3. The van der Waals surface area contributed by atoms with E-state index in [0.29, 0.717) is 18.2 Å². The van der Waals surface area contributed by atoms with Gasteiger partial charge in [-0.05, 0) is 49.7 Å². The molecular formula is C17H18N4O. The Morgan fingerprint density at radius 1 is 1.23 bits per heavy atom. The molecule has 3 rings (SSSR count). The number of rotatable bonds is 4. The van der Waals surface area contributed by atoms with Crippen LogP contribution in [0, 0.1) is 0 Å². The molecule has 0 aliphatic heterocycles. The number of aromatic nitrogens is 3. The van der Waals surface area contributed by atoms with Crippen LogP contribution in [0.2, 0.25) is 0 Å². The van der Waals surface area contributed by atoms with Crippen molar-refractivity contribution < 1.29 is 4.79 Å². The molecule has 0 saturated carbocycles. The Bertz CT molecular complexity index is 793. The molecule has 1 amide bonds. The van der Waals surface area contributed by atoms with Crippen LogP contribution in [-0.2, 0) is 6.54 Å². The van der Waals surface area contributed by atoms with Gasteiger partial charge in [0.2, 0.25) is 0 Å². The Labute approximate surface area is 129 Å². The van der Waals surface area contributed by atoms with Gasteiger partial charge in [-0.15, -0.1) is 0 Å². The van der Waals surface area contributed by atoms with Crippen LogP contribution in [0.1, 0.15) is 35.8 Å². The summed E-state index contributed by atoms with van der Waals surface area (Å²) in [5.74, 6) is -0.0993. The second-order valence-electron chi connectivity index (χ2n) is 5.49. The molecule has 112 valence electrons. The van der Waals surface area contributed by atoms with E-state index in [9.17, 15) is 4.79 Å². The van der Waals surface area contributed by atoms with Crippen molar-refractivity contribution >= 4 is 16.9 Å². The second kappa shape index (κ2) is 5.97. The van der Waals surface area contributed by atoms with Gasteiger partial charge >= 0.3 is 0 Å². The first-order valence-electron chi connectivity index (χ1n) is 7.29. The summed E-state index contributed by atoms with van der Waals surface area (Å²) in [6, 6.07) is 9.72. The minimum absolute atomic E-state index is 0.0993. The SMILES string of the molecule is CC(C)n1cnc2cc(C(=O)NCc3ccncc3)ccc21. The third-order valence-corrected chi connectivity index (χ3v) is 3.60. The number of carbonyl (C=O) groups excluding carboxylic acids is 1. The smallest absolute Gasteiger partial charge is 0.251 e. The molecular weight excluding hydrogens is 276 g/mol. The number of benzene rings is 1. The molecule has 0 unspecified atom stereocenters. The molecule has 22 heavy (non-hydrogen) atoms. The average Bonchev–Trinajstić information content (AvgIpc) is 2.97. The minimum Gasteiger partial charge on any atom is -0.348 e. The number of hydrogen-bond donors (Lipinski definition) is 1. The van der Waals surface area contributed by atoms with Gasteiger partial charge in [-0.2, -0.15) is 0 Å². The second-order valence-corrected chi connectivity index (χ2v) is 5.49. The van der Waals surface area contributed by atoms with Crippen LogP contribution in [0.5, 0.6) is 0 Å². The van der Waals surface area contributed by atoms with Gasteiger partial charge in [0, 0.05) is 30.5 Å². The molecule has 0 spiro atoms. The van der Waals surface area contributed by atoms with E-state index in [4.69, 9.17) is 0 Å². The van der Waals surface area contributed by atoms with Crippen LogP contribution in [0.15, 0.2) is 49.1 Å². The molecule has 1 N–H and O–H groups in total. The van der Waals surface area contributed by atoms with E-state index in [1.165, 1.54) is 0 Å². The van der Waals surface area contributed by atoms with E-state index in [1.807, 2.05) is 36.7 Å². The molecule has 0 radical (unpaired) electrons. The number of fused-ring (bicyclic) bond motifs is 1. The summed E-state index contributed by atoms with van der Waals surface area (Å²) in [7, 11) is 0. The van der Waals surface area contributed by atoms with Gasteiger partial charge in [-0.1, -0.05) is 0 Å². The van der Waals surface area contributed by atoms with Crippen LogP contribution in [0.4, 0.5) is 0 Å². The lowest BCUT2D eigenvalue weighted by Gasteiger charge is -2.08. The summed E-state index contributed by atoms with van der Waals surface area (Å²) in [5, 5.41) is 2.91. The minimum atomic E-state index is -0.0993. The van der Waals surface area contributed by atoms with Crippen molar-refractivity contribution in [2.45, 2.75) is 26.4 Å². The normalized spacial score (nSPS) is 11.0. The van der Waals surface area contributed by atoms with Crippen molar-refractivity contribution in [1.29, 1.82) is 0 Å². The van der Waals surface area contributed by atoms with Gasteiger partial charge < -0.3 is 9.88 Å². The number of amides is 1. The maximum absolute atomic E-state index is 12.2. The van der Waals surface area contributed by atoms with E-state index in [0.717, 1.165) is 16.6 Å². The van der Waals surface area contributed by atoms with Crippen LogP contribution >= 0.6 is 0 Å². The summed E-state index contributed by atoms with van der Waals surface area (Å²) in [6.07, 6.45) is 5.24. The number of carbonyl (C=O) groups is 1. The van der Waals surface area contributed by atoms with Crippen LogP contribution in [0.3, 0.4) is 0 Å². The van der Waals surface area contributed by atoms with E-state index < -0.39 is 0 Å². The van der Waals surface area contributed by atoms with E-state index in [2.05, 4.69) is 33.7 Å². The summed E-state index contributed by atoms with van der Waals surface area (Å²) >= 11 is 0. The summed E-state index contributed by atoms with van der Waals surface area (Å²) in [5.41, 5.74) is 3.52. The van der Waals surface area contributed by atoms with E-state index in [1.54, 1.807) is 12.4 Å². The van der Waals surface area contributed by atoms with E-state index in [-0.39, 0.29) is 5.91 Å². The number of nitrogens with one attached hydrogen (secondary N) is 1. The first-order valence-corrected chi connectivity index (χ1v) is 7.29. The highest BCUT2D eigenvalue weighted by atomic mass is 16.1. The van der Waals surface area contributed by atoms with Gasteiger partial charge in [0.25, 0.3) is 5.91 Å². The summed E-state index contributed by atoms with van der Waals surface area (Å²) in [6.45, 7) is 4.70. The molecule has 0 aliphatic rings. The van der Waals surface area contributed by atoms with Crippen molar-refractivity contribution in [2.24, 2.45) is 0 Å². The molecule has 1 aromatic carbocycles. The van der Waals surface area contributed by atoms with Crippen LogP contribution < -0.4 is 5.32 Å². The van der Waals surface area contributed by atoms with Gasteiger partial charge in [0.15, 0.2) is 0 Å². The van der Waals surface area contributed by atoms with Crippen molar-refractivity contribution in [1.82, 2.24) is 19.9 Å². The molecule has 2 heterocycles. The lowest BCUT2D eigenvalue weighted by Crippen LogP contribution is -2.22. The zero-order valence-electron chi connectivity index (χ0n) is 12.7. The maximum atomic E-state index is 12.2. The summed E-state index contributed by atoms with van der Waals surface area (Å²) in [4.78, 5) is 20.6. The molecule has 0 saturated heterocycles. The Morgan fingerprint density at radius 2 is 2.00 bits per heavy atom. The predicted octanol–water partition coefficient (Wildman–Crippen LogP) is 2.94. The maximum Gasteiger partial charge on any atom is 0.251 e. The number of pyridine rings is 1. The fourth-order valence-corrected chi connectivity index (χ4v) is 2.37. The standard InChI is InChI=1S/C17H18N4O/c1-12(2)21-11-20-15-9-14(3-4-16(15)21)17(22)19-10-13-5-7-18-8-6-13/h3-9,11-12H,10H2,1-2H3,(H,19,22). The highest BCUT2D eigenvalue weighted by molar-refractivity contribution is 5.97. The largest absolute Gasteiger partial charge is 0.348 e. The van der Waals surface area contributed by atoms with Gasteiger partial charge in [-0.3, -0.25) is 9.78 Å². The van der Waals surface area contributed by atoms with Gasteiger partial charge in [0.1, 0.15) is 0 Å². The van der Waals surface area contributed by atoms with Crippen molar-refractivity contribution in [2.75, 3.05) is 0 Å². The highest BCUT2D eigenvalue weighted by Gasteiger charge is 2.10. The van der Waals surface area contributed by atoms with Crippen molar-refractivity contribution in [3.63, 3.8) is 0 Å². The molecule has 3 aromatic rings. The third-order valence-electron chi connectivity index (χ3n) is 3.60. The predicted molar refractivity (Wildman–Crippen MR) is 85.5 cm³/mol.